The Morgan fingerprint density at radius 2 is 1.62 bits per heavy atom. The highest BCUT2D eigenvalue weighted by atomic mass is 16.6. The molecule has 2 heterocycles. The molecule has 2 aromatic carbocycles. The number of para-hydroxylation sites is 1. The highest BCUT2D eigenvalue weighted by Crippen LogP contribution is 2.27. The predicted octanol–water partition coefficient (Wildman–Crippen LogP) is 3.67. The summed E-state index contributed by atoms with van der Waals surface area (Å²) >= 11 is 0. The van der Waals surface area contributed by atoms with Gasteiger partial charge in [0.05, 0.1) is 16.8 Å². The fraction of sp³-hybridized carbons (Fsp3) is 0.240. The van der Waals surface area contributed by atoms with Gasteiger partial charge in [0.25, 0.3) is 0 Å². The first kappa shape index (κ1) is 22.9. The summed E-state index contributed by atoms with van der Waals surface area (Å²) in [4.78, 5) is 38.1. The van der Waals surface area contributed by atoms with Gasteiger partial charge in [-0.25, -0.2) is 9.48 Å². The summed E-state index contributed by atoms with van der Waals surface area (Å²) in [7, 11) is 0. The highest BCUT2D eigenvalue weighted by molar-refractivity contribution is 5.68. The van der Waals surface area contributed by atoms with Crippen LogP contribution in [0, 0.1) is 16.0 Å². The van der Waals surface area contributed by atoms with E-state index in [0.29, 0.717) is 12.0 Å². The van der Waals surface area contributed by atoms with Crippen molar-refractivity contribution in [2.24, 2.45) is 5.92 Å². The predicted molar refractivity (Wildman–Crippen MR) is 129 cm³/mol. The van der Waals surface area contributed by atoms with E-state index >= 15 is 0 Å². The van der Waals surface area contributed by atoms with Crippen molar-refractivity contribution in [3.63, 3.8) is 0 Å². The number of hydrogen-bond donors (Lipinski definition) is 0. The molecule has 34 heavy (non-hydrogen) atoms. The molecule has 0 saturated carbocycles. The largest absolute Gasteiger partial charge is 0.358 e. The number of nitrogens with zero attached hydrogens (tertiary/aromatic N) is 5. The quantitative estimate of drug-likeness (QED) is 0.295. The molecular weight excluding hydrogens is 434 g/mol. The van der Waals surface area contributed by atoms with Crippen LogP contribution in [0.5, 0.6) is 0 Å². The van der Waals surface area contributed by atoms with Gasteiger partial charge >= 0.3 is 16.9 Å². The van der Waals surface area contributed by atoms with Gasteiger partial charge in [-0.3, -0.25) is 24.0 Å². The number of hydrogen-bond acceptors (Lipinski definition) is 5. The standard InChI is InChI=1S/C25H25N5O4/c1-18(2)16-28-22(20-15-26-29(17-20)21-11-7-4-8-12-21)23(30(33)34)24(31)27(25(28)32)14-13-19-9-5-3-6-10-19/h3-12,15,17-18H,13-14,16H2,1-2H3. The van der Waals surface area contributed by atoms with E-state index in [4.69, 9.17) is 0 Å². The van der Waals surface area contributed by atoms with Crippen molar-refractivity contribution in [2.45, 2.75) is 33.4 Å². The molecule has 0 aliphatic heterocycles. The molecule has 0 atom stereocenters. The molecule has 0 aliphatic rings. The lowest BCUT2D eigenvalue weighted by Crippen LogP contribution is -2.42. The van der Waals surface area contributed by atoms with Gasteiger partial charge in [0.15, 0.2) is 0 Å². The van der Waals surface area contributed by atoms with Crippen molar-refractivity contribution in [2.75, 3.05) is 0 Å². The third-order valence-corrected chi connectivity index (χ3v) is 5.48. The van der Waals surface area contributed by atoms with Gasteiger partial charge in [-0.2, -0.15) is 5.10 Å². The molecule has 0 N–H and O–H groups in total. The molecule has 0 spiro atoms. The monoisotopic (exact) mass is 459 g/mol. The van der Waals surface area contributed by atoms with Gasteiger partial charge in [-0.1, -0.05) is 62.4 Å². The fourth-order valence-corrected chi connectivity index (χ4v) is 3.93. The lowest BCUT2D eigenvalue weighted by molar-refractivity contribution is -0.386. The molecule has 9 heteroatoms. The molecule has 4 rings (SSSR count). The maximum atomic E-state index is 13.5. The number of aryl methyl sites for hydroxylation is 1. The van der Waals surface area contributed by atoms with E-state index in [1.54, 1.807) is 10.9 Å². The molecule has 9 nitrogen and oxygen atoms in total. The number of rotatable bonds is 8. The van der Waals surface area contributed by atoms with Crippen LogP contribution in [0.1, 0.15) is 19.4 Å². The molecule has 0 aliphatic carbocycles. The van der Waals surface area contributed by atoms with E-state index in [1.165, 1.54) is 10.8 Å². The Kier molecular flexibility index (Phi) is 6.53. The summed E-state index contributed by atoms with van der Waals surface area (Å²) in [5.74, 6) is 0.0142. The summed E-state index contributed by atoms with van der Waals surface area (Å²) in [5, 5.41) is 16.4. The zero-order chi connectivity index (χ0) is 24.2. The van der Waals surface area contributed by atoms with Crippen molar-refractivity contribution < 1.29 is 4.92 Å². The van der Waals surface area contributed by atoms with Gasteiger partial charge in [-0.05, 0) is 30.0 Å². The molecule has 0 bridgehead atoms. The van der Waals surface area contributed by atoms with Crippen LogP contribution in [0.4, 0.5) is 5.69 Å². The zero-order valence-electron chi connectivity index (χ0n) is 19.0. The van der Waals surface area contributed by atoms with E-state index < -0.39 is 21.9 Å². The van der Waals surface area contributed by atoms with E-state index in [-0.39, 0.29) is 24.7 Å². The Morgan fingerprint density at radius 3 is 2.24 bits per heavy atom. The average Bonchev–Trinajstić information content (AvgIpc) is 3.31. The molecule has 0 saturated heterocycles. The van der Waals surface area contributed by atoms with Crippen LogP contribution in [0.25, 0.3) is 16.9 Å². The minimum atomic E-state index is -0.909. The van der Waals surface area contributed by atoms with Crippen LogP contribution >= 0.6 is 0 Å². The second kappa shape index (κ2) is 9.70. The Morgan fingerprint density at radius 1 is 0.971 bits per heavy atom. The van der Waals surface area contributed by atoms with E-state index in [0.717, 1.165) is 15.8 Å². The van der Waals surface area contributed by atoms with Crippen LogP contribution in [-0.2, 0) is 19.5 Å². The molecule has 4 aromatic rings. The Hall–Kier alpha value is -4.27. The second-order valence-electron chi connectivity index (χ2n) is 8.44. The third-order valence-electron chi connectivity index (χ3n) is 5.48. The Labute approximate surface area is 195 Å². The topological polar surface area (TPSA) is 105 Å². The first-order valence-electron chi connectivity index (χ1n) is 11.0. The smallest absolute Gasteiger partial charge is 0.287 e. The summed E-state index contributed by atoms with van der Waals surface area (Å²) in [5.41, 5.74) is -0.102. The molecule has 2 aromatic heterocycles. The van der Waals surface area contributed by atoms with E-state index in [9.17, 15) is 19.7 Å². The molecule has 0 amide bonds. The summed E-state index contributed by atoms with van der Waals surface area (Å²) in [6, 6.07) is 18.6. The number of benzene rings is 2. The van der Waals surface area contributed by atoms with Crippen molar-refractivity contribution in [3.05, 3.63) is 110 Å². The average molecular weight is 460 g/mol. The third kappa shape index (κ3) is 4.59. The SMILES string of the molecule is CC(C)Cn1c(-c2cnn(-c3ccccc3)c2)c([N+](=O)[O-])c(=O)n(CCc2ccccc2)c1=O. The van der Waals surface area contributed by atoms with Gasteiger partial charge in [0, 0.05) is 24.8 Å². The minimum absolute atomic E-state index is 0.0142. The highest BCUT2D eigenvalue weighted by Gasteiger charge is 2.30. The first-order valence-corrected chi connectivity index (χ1v) is 11.0. The summed E-state index contributed by atoms with van der Waals surface area (Å²) < 4.78 is 3.87. The van der Waals surface area contributed by atoms with Crippen LogP contribution in [0.15, 0.2) is 82.6 Å². The van der Waals surface area contributed by atoms with Crippen LogP contribution in [0.2, 0.25) is 0 Å². The van der Waals surface area contributed by atoms with Gasteiger partial charge < -0.3 is 0 Å². The van der Waals surface area contributed by atoms with Crippen LogP contribution < -0.4 is 11.2 Å². The molecule has 0 unspecified atom stereocenters. The zero-order valence-corrected chi connectivity index (χ0v) is 19.0. The second-order valence-corrected chi connectivity index (χ2v) is 8.44. The fourth-order valence-electron chi connectivity index (χ4n) is 3.93. The van der Waals surface area contributed by atoms with Crippen molar-refractivity contribution in [3.8, 4) is 16.9 Å². The Balaban J connectivity index is 1.89. The van der Waals surface area contributed by atoms with Gasteiger partial charge in [0.2, 0.25) is 0 Å². The Bertz CT molecular complexity index is 1420. The van der Waals surface area contributed by atoms with Crippen LogP contribution in [0.3, 0.4) is 0 Å². The van der Waals surface area contributed by atoms with Crippen molar-refractivity contribution in [1.29, 1.82) is 0 Å². The maximum absolute atomic E-state index is 13.5. The molecule has 174 valence electrons. The number of nitro groups is 1. The summed E-state index contributed by atoms with van der Waals surface area (Å²) in [6.45, 7) is 4.09. The normalized spacial score (nSPS) is 11.1. The number of aromatic nitrogens is 4. The van der Waals surface area contributed by atoms with Gasteiger partial charge in [0.1, 0.15) is 5.69 Å². The van der Waals surface area contributed by atoms with E-state index in [1.807, 2.05) is 74.5 Å². The van der Waals surface area contributed by atoms with E-state index in [2.05, 4.69) is 5.10 Å². The lowest BCUT2D eigenvalue weighted by Gasteiger charge is -2.16. The molecular formula is C25H25N5O4. The summed E-state index contributed by atoms with van der Waals surface area (Å²) in [6.07, 6.45) is 3.45. The molecule has 0 radical (unpaired) electrons. The first-order chi connectivity index (χ1) is 16.4. The lowest BCUT2D eigenvalue weighted by atomic mass is 10.1. The van der Waals surface area contributed by atoms with Crippen LogP contribution in [-0.4, -0.2) is 23.8 Å². The van der Waals surface area contributed by atoms with Crippen molar-refractivity contribution in [1.82, 2.24) is 18.9 Å². The van der Waals surface area contributed by atoms with Gasteiger partial charge in [-0.15, -0.1) is 0 Å². The maximum Gasteiger partial charge on any atom is 0.358 e. The minimum Gasteiger partial charge on any atom is -0.287 e. The van der Waals surface area contributed by atoms with Crippen molar-refractivity contribution >= 4 is 5.69 Å². The molecule has 0 fully saturated rings.